The van der Waals surface area contributed by atoms with Crippen LogP contribution in [0.25, 0.3) is 0 Å². The van der Waals surface area contributed by atoms with Gasteiger partial charge in [0.2, 0.25) is 0 Å². The van der Waals surface area contributed by atoms with Crippen molar-refractivity contribution >= 4 is 11.6 Å². The Morgan fingerprint density at radius 2 is 1.85 bits per heavy atom. The molecule has 2 rings (SSSR count). The number of rotatable bonds is 3. The summed E-state index contributed by atoms with van der Waals surface area (Å²) in [7, 11) is 0. The molecule has 0 atom stereocenters. The molecule has 0 saturated heterocycles. The molecule has 98 valence electrons. The SMILES string of the molecule is CCc1ccccc1Oc1cc(C#N)cc(C#N)c1Cl. The number of hydrogen-bond acceptors (Lipinski definition) is 3. The lowest BCUT2D eigenvalue weighted by atomic mass is 10.1. The Bertz CT molecular complexity index is 726. The number of para-hydroxylation sites is 1. The third kappa shape index (κ3) is 2.74. The molecule has 0 spiro atoms. The highest BCUT2D eigenvalue weighted by Gasteiger charge is 2.12. The van der Waals surface area contributed by atoms with Gasteiger partial charge in [-0.25, -0.2) is 0 Å². The first kappa shape index (κ1) is 13.9. The molecule has 0 heterocycles. The average Bonchev–Trinajstić information content (AvgIpc) is 2.49. The molecule has 0 radical (unpaired) electrons. The fourth-order valence-corrected chi connectivity index (χ4v) is 2.02. The van der Waals surface area contributed by atoms with Crippen LogP contribution in [0.15, 0.2) is 36.4 Å². The van der Waals surface area contributed by atoms with E-state index in [2.05, 4.69) is 0 Å². The lowest BCUT2D eigenvalue weighted by molar-refractivity contribution is 0.477. The van der Waals surface area contributed by atoms with Crippen molar-refractivity contribution in [2.45, 2.75) is 13.3 Å². The van der Waals surface area contributed by atoms with Gasteiger partial charge in [0.25, 0.3) is 0 Å². The molecule has 0 fully saturated rings. The molecule has 0 aliphatic rings. The van der Waals surface area contributed by atoms with Crippen LogP contribution in [0.1, 0.15) is 23.6 Å². The van der Waals surface area contributed by atoms with Crippen LogP contribution in [0.5, 0.6) is 11.5 Å². The fourth-order valence-electron chi connectivity index (χ4n) is 1.83. The van der Waals surface area contributed by atoms with Gasteiger partial charge in [-0.3, -0.25) is 0 Å². The van der Waals surface area contributed by atoms with Gasteiger partial charge in [0.1, 0.15) is 22.6 Å². The maximum absolute atomic E-state index is 9.03. The van der Waals surface area contributed by atoms with E-state index in [0.717, 1.165) is 12.0 Å². The molecule has 0 unspecified atom stereocenters. The molecule has 4 heteroatoms. The summed E-state index contributed by atoms with van der Waals surface area (Å²) in [5, 5.41) is 18.2. The summed E-state index contributed by atoms with van der Waals surface area (Å²) in [5.41, 5.74) is 1.61. The van der Waals surface area contributed by atoms with E-state index in [0.29, 0.717) is 17.1 Å². The van der Waals surface area contributed by atoms with Crippen LogP contribution in [0.2, 0.25) is 5.02 Å². The number of benzene rings is 2. The number of hydrogen-bond donors (Lipinski definition) is 0. The van der Waals surface area contributed by atoms with E-state index in [1.165, 1.54) is 12.1 Å². The molecule has 0 aromatic heterocycles. The number of nitrogens with zero attached hydrogens (tertiary/aromatic N) is 2. The summed E-state index contributed by atoms with van der Waals surface area (Å²) in [6, 6.07) is 14.5. The maximum atomic E-state index is 9.03. The van der Waals surface area contributed by atoms with Crippen LogP contribution < -0.4 is 4.74 Å². The number of ether oxygens (including phenoxy) is 1. The highest BCUT2D eigenvalue weighted by molar-refractivity contribution is 6.33. The standard InChI is InChI=1S/C16H11ClN2O/c1-2-12-5-3-4-6-14(12)20-15-8-11(9-18)7-13(10-19)16(15)17/h3-8H,2H2,1H3. The Labute approximate surface area is 122 Å². The molecule has 0 amide bonds. The minimum Gasteiger partial charge on any atom is -0.455 e. The van der Waals surface area contributed by atoms with Crippen molar-refractivity contribution in [2.75, 3.05) is 0 Å². The summed E-state index contributed by atoms with van der Waals surface area (Å²) in [6.07, 6.45) is 0.816. The van der Waals surface area contributed by atoms with Crippen molar-refractivity contribution in [1.29, 1.82) is 10.5 Å². The zero-order valence-electron chi connectivity index (χ0n) is 10.9. The largest absolute Gasteiger partial charge is 0.455 e. The van der Waals surface area contributed by atoms with Gasteiger partial charge >= 0.3 is 0 Å². The van der Waals surface area contributed by atoms with Crippen molar-refractivity contribution in [2.24, 2.45) is 0 Å². The molecular weight excluding hydrogens is 272 g/mol. The molecule has 0 saturated carbocycles. The second-order valence-electron chi connectivity index (χ2n) is 4.12. The molecule has 20 heavy (non-hydrogen) atoms. The van der Waals surface area contributed by atoms with Gasteiger partial charge in [-0.05, 0) is 24.1 Å². The van der Waals surface area contributed by atoms with Crippen molar-refractivity contribution in [3.8, 4) is 23.6 Å². The van der Waals surface area contributed by atoms with E-state index < -0.39 is 0 Å². The Morgan fingerprint density at radius 3 is 2.50 bits per heavy atom. The number of aryl methyl sites for hydroxylation is 1. The van der Waals surface area contributed by atoms with Crippen LogP contribution in [0, 0.1) is 22.7 Å². The predicted molar refractivity (Wildman–Crippen MR) is 76.8 cm³/mol. The predicted octanol–water partition coefficient (Wildman–Crippen LogP) is 4.44. The minimum absolute atomic E-state index is 0.220. The average molecular weight is 283 g/mol. The Morgan fingerprint density at radius 1 is 1.10 bits per heavy atom. The fraction of sp³-hybridized carbons (Fsp3) is 0.125. The van der Waals surface area contributed by atoms with Gasteiger partial charge in [0.15, 0.2) is 0 Å². The van der Waals surface area contributed by atoms with Gasteiger partial charge in [-0.2, -0.15) is 10.5 Å². The molecule has 3 nitrogen and oxygen atoms in total. The monoisotopic (exact) mass is 282 g/mol. The summed E-state index contributed by atoms with van der Waals surface area (Å²) >= 11 is 6.13. The van der Waals surface area contributed by atoms with Gasteiger partial charge in [0, 0.05) is 6.07 Å². The van der Waals surface area contributed by atoms with Crippen molar-refractivity contribution in [3.63, 3.8) is 0 Å². The quantitative estimate of drug-likeness (QED) is 0.836. The topological polar surface area (TPSA) is 56.8 Å². The molecule has 2 aromatic rings. The van der Waals surface area contributed by atoms with E-state index in [-0.39, 0.29) is 10.6 Å². The smallest absolute Gasteiger partial charge is 0.148 e. The van der Waals surface area contributed by atoms with Gasteiger partial charge in [0.05, 0.1) is 17.2 Å². The van der Waals surface area contributed by atoms with Crippen molar-refractivity contribution in [1.82, 2.24) is 0 Å². The van der Waals surface area contributed by atoms with E-state index in [1.54, 1.807) is 0 Å². The second kappa shape index (κ2) is 6.10. The van der Waals surface area contributed by atoms with E-state index in [1.807, 2.05) is 43.3 Å². The zero-order chi connectivity index (χ0) is 14.5. The normalized spacial score (nSPS) is 9.60. The molecule has 0 N–H and O–H groups in total. The third-order valence-corrected chi connectivity index (χ3v) is 3.25. The zero-order valence-corrected chi connectivity index (χ0v) is 11.6. The van der Waals surface area contributed by atoms with Crippen LogP contribution in [-0.4, -0.2) is 0 Å². The third-order valence-electron chi connectivity index (χ3n) is 2.86. The van der Waals surface area contributed by atoms with Crippen LogP contribution in [0.4, 0.5) is 0 Å². The van der Waals surface area contributed by atoms with Crippen molar-refractivity contribution in [3.05, 3.63) is 58.1 Å². The second-order valence-corrected chi connectivity index (χ2v) is 4.50. The van der Waals surface area contributed by atoms with Crippen LogP contribution in [0.3, 0.4) is 0 Å². The molecule has 0 aliphatic carbocycles. The first-order valence-electron chi connectivity index (χ1n) is 6.09. The van der Waals surface area contributed by atoms with Gasteiger partial charge in [-0.15, -0.1) is 0 Å². The van der Waals surface area contributed by atoms with Gasteiger partial charge < -0.3 is 4.74 Å². The first-order valence-corrected chi connectivity index (χ1v) is 6.47. The lowest BCUT2D eigenvalue weighted by Crippen LogP contribution is -1.93. The first-order chi connectivity index (χ1) is 9.69. The van der Waals surface area contributed by atoms with E-state index in [9.17, 15) is 0 Å². The number of halogens is 1. The summed E-state index contributed by atoms with van der Waals surface area (Å²) in [5.74, 6) is 0.999. The maximum Gasteiger partial charge on any atom is 0.148 e. The van der Waals surface area contributed by atoms with E-state index >= 15 is 0 Å². The molecular formula is C16H11ClN2O. The van der Waals surface area contributed by atoms with Crippen molar-refractivity contribution < 1.29 is 4.74 Å². The van der Waals surface area contributed by atoms with Gasteiger partial charge in [-0.1, -0.05) is 36.7 Å². The minimum atomic E-state index is 0.220. The number of nitriles is 2. The lowest BCUT2D eigenvalue weighted by Gasteiger charge is -2.12. The summed E-state index contributed by atoms with van der Waals surface area (Å²) < 4.78 is 5.78. The Hall–Kier alpha value is -2.49. The summed E-state index contributed by atoms with van der Waals surface area (Å²) in [4.78, 5) is 0. The molecule has 2 aromatic carbocycles. The highest BCUT2D eigenvalue weighted by Crippen LogP contribution is 2.34. The van der Waals surface area contributed by atoms with E-state index in [4.69, 9.17) is 26.9 Å². The Balaban J connectivity index is 2.49. The Kier molecular flexibility index (Phi) is 4.25. The molecule has 0 bridgehead atoms. The summed E-state index contributed by atoms with van der Waals surface area (Å²) in [6.45, 7) is 2.02. The van der Waals surface area contributed by atoms with Crippen LogP contribution >= 0.6 is 11.6 Å². The molecule has 0 aliphatic heterocycles. The van der Waals surface area contributed by atoms with Crippen LogP contribution in [-0.2, 0) is 6.42 Å². The highest BCUT2D eigenvalue weighted by atomic mass is 35.5.